The number of nitrogens with zero attached hydrogens (tertiary/aromatic N) is 1. The van der Waals surface area contributed by atoms with Gasteiger partial charge in [-0.2, -0.15) is 8.42 Å². The Balaban J connectivity index is 1.79. The Kier molecular flexibility index (Phi) is 6.31. The predicted octanol–water partition coefficient (Wildman–Crippen LogP) is 3.12. The number of benzene rings is 2. The van der Waals surface area contributed by atoms with Gasteiger partial charge < -0.3 is 13.8 Å². The first-order valence-corrected chi connectivity index (χ1v) is 10.4. The van der Waals surface area contributed by atoms with Crippen LogP contribution in [0.15, 0.2) is 53.4 Å². The number of para-hydroxylation sites is 1. The Hall–Kier alpha value is -2.45. The van der Waals surface area contributed by atoms with Crippen LogP contribution in [0.1, 0.15) is 25.3 Å². The second kappa shape index (κ2) is 8.70. The van der Waals surface area contributed by atoms with Gasteiger partial charge in [-0.05, 0) is 43.2 Å². The number of rotatable bonds is 7. The predicted molar refractivity (Wildman–Crippen MR) is 101 cm³/mol. The molecule has 6 nitrogen and oxygen atoms in total. The van der Waals surface area contributed by atoms with E-state index in [1.54, 1.807) is 23.1 Å². The Morgan fingerprint density at radius 1 is 1.21 bits per heavy atom. The SMILES string of the molecule is CC(=O)N(Cc1ccccc1OS(=O)(=O)c1ccc(F)cc1)CC1CCCO1. The minimum atomic E-state index is -4.13. The number of carbonyl (C=O) groups excluding carboxylic acids is 1. The normalized spacial score (nSPS) is 16.7. The van der Waals surface area contributed by atoms with E-state index in [0.717, 1.165) is 37.1 Å². The molecule has 0 aromatic heterocycles. The van der Waals surface area contributed by atoms with Crippen LogP contribution in [0.25, 0.3) is 0 Å². The van der Waals surface area contributed by atoms with Crippen molar-refractivity contribution in [1.29, 1.82) is 0 Å². The number of ether oxygens (including phenoxy) is 1. The molecule has 0 saturated carbocycles. The molecular weight excluding hydrogens is 385 g/mol. The van der Waals surface area contributed by atoms with Crippen molar-refractivity contribution in [1.82, 2.24) is 4.90 Å². The molecule has 1 heterocycles. The van der Waals surface area contributed by atoms with Gasteiger partial charge in [0.25, 0.3) is 0 Å². The van der Waals surface area contributed by atoms with E-state index >= 15 is 0 Å². The van der Waals surface area contributed by atoms with Crippen molar-refractivity contribution < 1.29 is 26.5 Å². The smallest absolute Gasteiger partial charge is 0.339 e. The molecule has 0 spiro atoms. The van der Waals surface area contributed by atoms with Crippen molar-refractivity contribution in [2.75, 3.05) is 13.2 Å². The standard InChI is InChI=1S/C20H22FNO5S/c1-15(23)22(14-18-6-4-12-26-18)13-16-5-2-3-7-20(16)27-28(24,25)19-10-8-17(21)9-11-19/h2-3,5,7-11,18H,4,6,12-14H2,1H3. The van der Waals surface area contributed by atoms with E-state index in [4.69, 9.17) is 8.92 Å². The van der Waals surface area contributed by atoms with Crippen LogP contribution in [0, 0.1) is 5.82 Å². The molecule has 1 unspecified atom stereocenters. The lowest BCUT2D eigenvalue weighted by Gasteiger charge is -2.25. The third-order valence-electron chi connectivity index (χ3n) is 4.53. The second-order valence-corrected chi connectivity index (χ2v) is 8.18. The highest BCUT2D eigenvalue weighted by atomic mass is 32.2. The zero-order valence-electron chi connectivity index (χ0n) is 15.5. The first kappa shape index (κ1) is 20.3. The van der Waals surface area contributed by atoms with Crippen molar-refractivity contribution >= 4 is 16.0 Å². The van der Waals surface area contributed by atoms with Crippen molar-refractivity contribution in [3.8, 4) is 5.75 Å². The number of halogens is 1. The number of hydrogen-bond donors (Lipinski definition) is 0. The maximum Gasteiger partial charge on any atom is 0.339 e. The highest BCUT2D eigenvalue weighted by molar-refractivity contribution is 7.87. The largest absolute Gasteiger partial charge is 0.379 e. The van der Waals surface area contributed by atoms with Gasteiger partial charge in [-0.3, -0.25) is 4.79 Å². The fourth-order valence-corrected chi connectivity index (χ4v) is 3.99. The van der Waals surface area contributed by atoms with Gasteiger partial charge in [-0.25, -0.2) is 4.39 Å². The van der Waals surface area contributed by atoms with Crippen molar-refractivity contribution in [2.45, 2.75) is 37.3 Å². The molecule has 8 heteroatoms. The third kappa shape index (κ3) is 5.08. The quantitative estimate of drug-likeness (QED) is 0.660. The first-order chi connectivity index (χ1) is 13.3. The van der Waals surface area contributed by atoms with E-state index in [1.807, 2.05) is 0 Å². The van der Waals surface area contributed by atoms with Crippen LogP contribution in [0.4, 0.5) is 4.39 Å². The van der Waals surface area contributed by atoms with E-state index in [-0.39, 0.29) is 29.2 Å². The molecule has 1 saturated heterocycles. The van der Waals surface area contributed by atoms with Crippen LogP contribution >= 0.6 is 0 Å². The fraction of sp³-hybridized carbons (Fsp3) is 0.350. The van der Waals surface area contributed by atoms with Gasteiger partial charge in [-0.15, -0.1) is 0 Å². The minimum absolute atomic E-state index is 0.0140. The Labute approximate surface area is 164 Å². The number of carbonyl (C=O) groups is 1. The van der Waals surface area contributed by atoms with E-state index in [9.17, 15) is 17.6 Å². The van der Waals surface area contributed by atoms with Gasteiger partial charge in [0.05, 0.1) is 6.10 Å². The summed E-state index contributed by atoms with van der Waals surface area (Å²) in [4.78, 5) is 13.5. The molecule has 1 fully saturated rings. The molecule has 3 rings (SSSR count). The topological polar surface area (TPSA) is 72.9 Å². The highest BCUT2D eigenvalue weighted by Gasteiger charge is 2.23. The molecular formula is C20H22FNO5S. The molecule has 2 aromatic carbocycles. The summed E-state index contributed by atoms with van der Waals surface area (Å²) in [5.74, 6) is -0.539. The average Bonchev–Trinajstić information content (AvgIpc) is 3.16. The monoisotopic (exact) mass is 407 g/mol. The zero-order chi connectivity index (χ0) is 20.1. The summed E-state index contributed by atoms with van der Waals surface area (Å²) in [6, 6.07) is 11.0. The third-order valence-corrected chi connectivity index (χ3v) is 5.78. The summed E-state index contributed by atoms with van der Waals surface area (Å²) in [5.41, 5.74) is 0.557. The summed E-state index contributed by atoms with van der Waals surface area (Å²) < 4.78 is 49.0. The van der Waals surface area contributed by atoms with Crippen LogP contribution in [0.2, 0.25) is 0 Å². The zero-order valence-corrected chi connectivity index (χ0v) is 16.3. The van der Waals surface area contributed by atoms with Gasteiger partial charge in [0.15, 0.2) is 0 Å². The molecule has 0 radical (unpaired) electrons. The molecule has 1 atom stereocenters. The van der Waals surface area contributed by atoms with E-state index in [0.29, 0.717) is 18.7 Å². The maximum absolute atomic E-state index is 13.1. The molecule has 28 heavy (non-hydrogen) atoms. The summed E-state index contributed by atoms with van der Waals surface area (Å²) in [6.45, 7) is 2.79. The van der Waals surface area contributed by atoms with E-state index in [2.05, 4.69) is 0 Å². The van der Waals surface area contributed by atoms with Crippen LogP contribution in [-0.4, -0.2) is 38.5 Å². The molecule has 1 aliphatic rings. The molecule has 1 amide bonds. The molecule has 1 aliphatic heterocycles. The lowest BCUT2D eigenvalue weighted by atomic mass is 10.1. The fourth-order valence-electron chi connectivity index (χ4n) is 3.03. The van der Waals surface area contributed by atoms with Crippen molar-refractivity contribution in [2.24, 2.45) is 0 Å². The van der Waals surface area contributed by atoms with Gasteiger partial charge >= 0.3 is 10.1 Å². The lowest BCUT2D eigenvalue weighted by Crippen LogP contribution is -2.35. The highest BCUT2D eigenvalue weighted by Crippen LogP contribution is 2.25. The Morgan fingerprint density at radius 3 is 2.57 bits per heavy atom. The maximum atomic E-state index is 13.1. The number of hydrogen-bond acceptors (Lipinski definition) is 5. The molecule has 150 valence electrons. The van der Waals surface area contributed by atoms with Gasteiger partial charge in [0.2, 0.25) is 5.91 Å². The molecule has 0 N–H and O–H groups in total. The van der Waals surface area contributed by atoms with Crippen LogP contribution in [-0.2, 0) is 26.2 Å². The molecule has 0 bridgehead atoms. The van der Waals surface area contributed by atoms with Gasteiger partial charge in [-0.1, -0.05) is 18.2 Å². The summed E-state index contributed by atoms with van der Waals surface area (Å²) >= 11 is 0. The Morgan fingerprint density at radius 2 is 1.93 bits per heavy atom. The summed E-state index contributed by atoms with van der Waals surface area (Å²) in [6.07, 6.45) is 1.84. The van der Waals surface area contributed by atoms with Gasteiger partial charge in [0, 0.05) is 32.2 Å². The van der Waals surface area contributed by atoms with Crippen LogP contribution in [0.3, 0.4) is 0 Å². The lowest BCUT2D eigenvalue weighted by molar-refractivity contribution is -0.131. The summed E-state index contributed by atoms with van der Waals surface area (Å²) in [5, 5.41) is 0. The molecule has 0 aliphatic carbocycles. The minimum Gasteiger partial charge on any atom is -0.379 e. The van der Waals surface area contributed by atoms with Crippen molar-refractivity contribution in [3.05, 3.63) is 59.9 Å². The Bertz CT molecular complexity index is 924. The average molecular weight is 407 g/mol. The van der Waals surface area contributed by atoms with E-state index in [1.165, 1.54) is 13.0 Å². The molecule has 2 aromatic rings. The first-order valence-electron chi connectivity index (χ1n) is 9.00. The van der Waals surface area contributed by atoms with Gasteiger partial charge in [0.1, 0.15) is 16.5 Å². The number of amides is 1. The van der Waals surface area contributed by atoms with E-state index < -0.39 is 15.9 Å². The van der Waals surface area contributed by atoms with Crippen LogP contribution < -0.4 is 4.18 Å². The summed E-state index contributed by atoms with van der Waals surface area (Å²) in [7, 11) is -4.13. The second-order valence-electron chi connectivity index (χ2n) is 6.63. The van der Waals surface area contributed by atoms with Crippen molar-refractivity contribution in [3.63, 3.8) is 0 Å². The van der Waals surface area contributed by atoms with Crippen LogP contribution in [0.5, 0.6) is 5.75 Å².